The molecule has 2 aromatic rings. The van der Waals surface area contributed by atoms with Crippen LogP contribution in [-0.2, 0) is 24.7 Å². The van der Waals surface area contributed by atoms with E-state index in [-0.39, 0.29) is 5.91 Å². The Morgan fingerprint density at radius 1 is 1.25 bits per heavy atom. The number of likely N-dealkylation sites (tertiary alicyclic amines) is 1. The molecule has 1 amide bonds. The van der Waals surface area contributed by atoms with Crippen LogP contribution in [0, 0.1) is 12.8 Å². The summed E-state index contributed by atoms with van der Waals surface area (Å²) in [5, 5.41) is 4.16. The van der Waals surface area contributed by atoms with Crippen molar-refractivity contribution in [2.24, 2.45) is 13.0 Å². The lowest BCUT2D eigenvalue weighted by Crippen LogP contribution is -2.40. The first-order valence-electron chi connectivity index (χ1n) is 8.91. The van der Waals surface area contributed by atoms with Crippen molar-refractivity contribution in [2.75, 3.05) is 13.1 Å². The monoisotopic (exact) mass is 325 g/mol. The van der Waals surface area contributed by atoms with E-state index in [4.69, 9.17) is 0 Å². The van der Waals surface area contributed by atoms with E-state index in [1.165, 1.54) is 17.5 Å². The predicted molar refractivity (Wildman–Crippen MR) is 95.7 cm³/mol. The maximum Gasteiger partial charge on any atom is 0.222 e. The van der Waals surface area contributed by atoms with E-state index in [2.05, 4.69) is 41.2 Å². The van der Waals surface area contributed by atoms with Gasteiger partial charge in [-0.2, -0.15) is 5.10 Å². The molecule has 1 aliphatic rings. The molecule has 1 unspecified atom stereocenters. The molecule has 3 rings (SSSR count). The summed E-state index contributed by atoms with van der Waals surface area (Å²) in [5.74, 6) is 0.872. The largest absolute Gasteiger partial charge is 0.342 e. The standard InChI is InChI=1S/C20H27N3O/c1-16-5-7-17(8-6-16)12-18-4-3-11-23(15-18)20(24)10-9-19-13-21-22(2)14-19/h5-8,13-14,18H,3-4,9-12,15H2,1-2H3. The number of hydrogen-bond donors (Lipinski definition) is 0. The van der Waals surface area contributed by atoms with Crippen LogP contribution in [0.2, 0.25) is 0 Å². The maximum absolute atomic E-state index is 12.5. The summed E-state index contributed by atoms with van der Waals surface area (Å²) < 4.78 is 1.79. The summed E-state index contributed by atoms with van der Waals surface area (Å²) in [6.45, 7) is 3.93. The fourth-order valence-electron chi connectivity index (χ4n) is 3.53. The highest BCUT2D eigenvalue weighted by atomic mass is 16.2. The number of nitrogens with zero attached hydrogens (tertiary/aromatic N) is 3. The number of carbonyl (C=O) groups is 1. The van der Waals surface area contributed by atoms with Crippen LogP contribution in [0.15, 0.2) is 36.7 Å². The van der Waals surface area contributed by atoms with Crippen molar-refractivity contribution in [3.05, 3.63) is 53.3 Å². The van der Waals surface area contributed by atoms with Gasteiger partial charge in [0.05, 0.1) is 6.20 Å². The number of carbonyl (C=O) groups excluding carboxylic acids is 1. The van der Waals surface area contributed by atoms with Crippen LogP contribution >= 0.6 is 0 Å². The third kappa shape index (κ3) is 4.47. The Morgan fingerprint density at radius 2 is 2.04 bits per heavy atom. The third-order valence-electron chi connectivity index (χ3n) is 4.90. The van der Waals surface area contributed by atoms with E-state index in [1.807, 2.05) is 19.4 Å². The lowest BCUT2D eigenvalue weighted by molar-refractivity contribution is -0.132. The minimum Gasteiger partial charge on any atom is -0.342 e. The Kier molecular flexibility index (Phi) is 5.34. The van der Waals surface area contributed by atoms with E-state index < -0.39 is 0 Å². The molecule has 0 saturated carbocycles. The number of benzene rings is 1. The summed E-state index contributed by atoms with van der Waals surface area (Å²) in [6, 6.07) is 8.79. The van der Waals surface area contributed by atoms with E-state index in [0.29, 0.717) is 12.3 Å². The van der Waals surface area contributed by atoms with Gasteiger partial charge in [0, 0.05) is 32.8 Å². The average molecular weight is 325 g/mol. The fourth-order valence-corrected chi connectivity index (χ4v) is 3.53. The Morgan fingerprint density at radius 3 is 2.75 bits per heavy atom. The van der Waals surface area contributed by atoms with Crippen LogP contribution in [0.1, 0.15) is 36.0 Å². The summed E-state index contributed by atoms with van der Waals surface area (Å²) in [4.78, 5) is 14.6. The van der Waals surface area contributed by atoms with Gasteiger partial charge >= 0.3 is 0 Å². The van der Waals surface area contributed by atoms with Crippen LogP contribution in [0.5, 0.6) is 0 Å². The second-order valence-electron chi connectivity index (χ2n) is 7.06. The summed E-state index contributed by atoms with van der Waals surface area (Å²) in [5.41, 5.74) is 3.82. The second kappa shape index (κ2) is 7.65. The average Bonchev–Trinajstić information content (AvgIpc) is 3.00. The predicted octanol–water partition coefficient (Wildman–Crippen LogP) is 3.14. The zero-order valence-electron chi connectivity index (χ0n) is 14.7. The molecule has 4 nitrogen and oxygen atoms in total. The molecular weight excluding hydrogens is 298 g/mol. The Hall–Kier alpha value is -2.10. The van der Waals surface area contributed by atoms with Gasteiger partial charge in [-0.15, -0.1) is 0 Å². The van der Waals surface area contributed by atoms with Gasteiger partial charge in [-0.05, 0) is 49.7 Å². The minimum absolute atomic E-state index is 0.285. The smallest absolute Gasteiger partial charge is 0.222 e. The Labute approximate surface area is 144 Å². The first-order chi connectivity index (χ1) is 11.6. The molecule has 1 aliphatic heterocycles. The zero-order chi connectivity index (χ0) is 16.9. The van der Waals surface area contributed by atoms with E-state index in [9.17, 15) is 4.79 Å². The second-order valence-corrected chi connectivity index (χ2v) is 7.06. The number of aryl methyl sites for hydroxylation is 3. The lowest BCUT2D eigenvalue weighted by Gasteiger charge is -2.33. The van der Waals surface area contributed by atoms with Crippen molar-refractivity contribution in [1.82, 2.24) is 14.7 Å². The van der Waals surface area contributed by atoms with Crippen molar-refractivity contribution in [3.63, 3.8) is 0 Å². The van der Waals surface area contributed by atoms with Gasteiger partial charge in [-0.1, -0.05) is 29.8 Å². The molecule has 24 heavy (non-hydrogen) atoms. The Balaban J connectivity index is 1.50. The van der Waals surface area contributed by atoms with Crippen molar-refractivity contribution in [1.29, 1.82) is 0 Å². The SMILES string of the molecule is Cc1ccc(CC2CCCN(C(=O)CCc3cnn(C)c3)C2)cc1. The number of rotatable bonds is 5. The van der Waals surface area contributed by atoms with Crippen molar-refractivity contribution in [2.45, 2.75) is 39.0 Å². The van der Waals surface area contributed by atoms with Crippen molar-refractivity contribution >= 4 is 5.91 Å². The summed E-state index contributed by atoms with van der Waals surface area (Å²) >= 11 is 0. The summed E-state index contributed by atoms with van der Waals surface area (Å²) in [6.07, 6.45) is 8.63. The molecule has 4 heteroatoms. The first kappa shape index (κ1) is 16.7. The molecule has 0 N–H and O–H groups in total. The van der Waals surface area contributed by atoms with E-state index in [1.54, 1.807) is 4.68 Å². The van der Waals surface area contributed by atoms with Gasteiger partial charge in [-0.25, -0.2) is 0 Å². The topological polar surface area (TPSA) is 38.1 Å². The highest BCUT2D eigenvalue weighted by molar-refractivity contribution is 5.76. The number of aromatic nitrogens is 2. The number of piperidine rings is 1. The first-order valence-corrected chi connectivity index (χ1v) is 8.91. The highest BCUT2D eigenvalue weighted by Gasteiger charge is 2.23. The number of hydrogen-bond acceptors (Lipinski definition) is 2. The molecule has 1 atom stereocenters. The quantitative estimate of drug-likeness (QED) is 0.847. The molecule has 1 aromatic carbocycles. The molecule has 0 radical (unpaired) electrons. The van der Waals surface area contributed by atoms with Gasteiger partial charge in [0.1, 0.15) is 0 Å². The van der Waals surface area contributed by atoms with E-state index >= 15 is 0 Å². The highest BCUT2D eigenvalue weighted by Crippen LogP contribution is 2.22. The normalized spacial score (nSPS) is 17.9. The minimum atomic E-state index is 0.285. The number of amides is 1. The molecule has 0 aliphatic carbocycles. The van der Waals surface area contributed by atoms with Gasteiger partial charge in [0.2, 0.25) is 5.91 Å². The molecule has 0 spiro atoms. The van der Waals surface area contributed by atoms with Crippen LogP contribution in [0.3, 0.4) is 0 Å². The molecule has 128 valence electrons. The molecule has 0 bridgehead atoms. The molecular formula is C20H27N3O. The maximum atomic E-state index is 12.5. The molecule has 1 aromatic heterocycles. The van der Waals surface area contributed by atoms with Gasteiger partial charge in [0.15, 0.2) is 0 Å². The van der Waals surface area contributed by atoms with Crippen LogP contribution in [-0.4, -0.2) is 33.7 Å². The molecule has 1 saturated heterocycles. The van der Waals surface area contributed by atoms with Crippen LogP contribution in [0.25, 0.3) is 0 Å². The van der Waals surface area contributed by atoms with Crippen molar-refractivity contribution in [3.8, 4) is 0 Å². The van der Waals surface area contributed by atoms with Gasteiger partial charge in [0.25, 0.3) is 0 Å². The van der Waals surface area contributed by atoms with Crippen LogP contribution < -0.4 is 0 Å². The lowest BCUT2D eigenvalue weighted by atomic mass is 9.91. The van der Waals surface area contributed by atoms with Crippen LogP contribution in [0.4, 0.5) is 0 Å². The molecule has 2 heterocycles. The van der Waals surface area contributed by atoms with Crippen molar-refractivity contribution < 1.29 is 4.79 Å². The zero-order valence-corrected chi connectivity index (χ0v) is 14.7. The Bertz CT molecular complexity index is 674. The van der Waals surface area contributed by atoms with Gasteiger partial charge < -0.3 is 4.90 Å². The fraction of sp³-hybridized carbons (Fsp3) is 0.500. The van der Waals surface area contributed by atoms with E-state index in [0.717, 1.165) is 37.9 Å². The summed E-state index contributed by atoms with van der Waals surface area (Å²) in [7, 11) is 1.91. The van der Waals surface area contributed by atoms with Gasteiger partial charge in [-0.3, -0.25) is 9.48 Å². The third-order valence-corrected chi connectivity index (χ3v) is 4.90. The molecule has 1 fully saturated rings.